The molecule has 3 heterocycles. The molecule has 12 heteroatoms. The number of rotatable bonds is 6. The van der Waals surface area contributed by atoms with E-state index in [1.807, 2.05) is 11.9 Å². The highest BCUT2D eigenvalue weighted by molar-refractivity contribution is 5.82. The van der Waals surface area contributed by atoms with E-state index < -0.39 is 46.9 Å². The minimum absolute atomic E-state index is 0.312. The number of hydrogen-bond acceptors (Lipinski definition) is 5. The van der Waals surface area contributed by atoms with E-state index >= 15 is 0 Å². The first kappa shape index (κ1) is 25.7. The highest BCUT2D eigenvalue weighted by Gasteiger charge is 2.39. The van der Waals surface area contributed by atoms with Crippen LogP contribution < -0.4 is 10.1 Å². The molecule has 3 rings (SSSR count). The van der Waals surface area contributed by atoms with Gasteiger partial charge in [0.15, 0.2) is 0 Å². The van der Waals surface area contributed by atoms with E-state index in [-0.39, 0.29) is 12.5 Å². The lowest BCUT2D eigenvalue weighted by Gasteiger charge is -2.28. The molecule has 1 fully saturated rings. The minimum Gasteiger partial charge on any atom is -0.476 e. The molecular formula is C22H24F6N4O2. The summed E-state index contributed by atoms with van der Waals surface area (Å²) < 4.78 is 83.2. The summed E-state index contributed by atoms with van der Waals surface area (Å²) in [5, 5.41) is 2.87. The Balaban J connectivity index is 1.69. The molecule has 186 valence electrons. The standard InChI is InChI=1S/C22H24F6N4O2/c1-20(2,12-34-18-15(21(23,24)25)5-4-8-29-18)19(33)31-16-11-32(3)10-14(16)13-6-7-17(30-9-13)22(26,27)28/h4-9,14,16H,10-12H2,1-3H3,(H,31,33)/t14-,16+/m0/s1. The van der Waals surface area contributed by atoms with Gasteiger partial charge in [0, 0.05) is 37.4 Å². The van der Waals surface area contributed by atoms with Crippen molar-refractivity contribution in [3.63, 3.8) is 0 Å². The first-order chi connectivity index (χ1) is 15.7. The van der Waals surface area contributed by atoms with Crippen LogP contribution in [0.5, 0.6) is 5.88 Å². The summed E-state index contributed by atoms with van der Waals surface area (Å²) in [5.41, 5.74) is -2.72. The van der Waals surface area contributed by atoms with Crippen LogP contribution in [-0.2, 0) is 17.1 Å². The summed E-state index contributed by atoms with van der Waals surface area (Å²) in [6, 6.07) is 3.78. The summed E-state index contributed by atoms with van der Waals surface area (Å²) in [6.07, 6.45) is -6.90. The molecule has 0 bridgehead atoms. The van der Waals surface area contributed by atoms with Crippen molar-refractivity contribution in [2.45, 2.75) is 38.2 Å². The van der Waals surface area contributed by atoms with E-state index in [1.54, 1.807) is 0 Å². The second-order valence-corrected chi connectivity index (χ2v) is 8.91. The number of pyridine rings is 2. The Morgan fingerprint density at radius 2 is 1.79 bits per heavy atom. The van der Waals surface area contributed by atoms with E-state index in [4.69, 9.17) is 4.74 Å². The van der Waals surface area contributed by atoms with Crippen LogP contribution in [0.2, 0.25) is 0 Å². The number of halogens is 6. The van der Waals surface area contributed by atoms with Crippen molar-refractivity contribution in [2.75, 3.05) is 26.7 Å². The quantitative estimate of drug-likeness (QED) is 0.617. The van der Waals surface area contributed by atoms with Crippen LogP contribution in [0.1, 0.15) is 36.6 Å². The summed E-state index contributed by atoms with van der Waals surface area (Å²) >= 11 is 0. The van der Waals surface area contributed by atoms with Gasteiger partial charge in [0.1, 0.15) is 17.9 Å². The molecule has 1 aliphatic rings. The first-order valence-corrected chi connectivity index (χ1v) is 10.4. The monoisotopic (exact) mass is 490 g/mol. The number of hydrogen-bond donors (Lipinski definition) is 1. The Bertz CT molecular complexity index is 1010. The van der Waals surface area contributed by atoms with Gasteiger partial charge in [0.25, 0.3) is 0 Å². The third-order valence-corrected chi connectivity index (χ3v) is 5.58. The van der Waals surface area contributed by atoms with Crippen molar-refractivity contribution in [1.82, 2.24) is 20.2 Å². The van der Waals surface area contributed by atoms with Crippen LogP contribution in [0.25, 0.3) is 0 Å². The lowest BCUT2D eigenvalue weighted by molar-refractivity contribution is -0.141. The number of aromatic nitrogens is 2. The molecule has 1 saturated heterocycles. The Morgan fingerprint density at radius 3 is 2.38 bits per heavy atom. The molecule has 6 nitrogen and oxygen atoms in total. The van der Waals surface area contributed by atoms with Crippen LogP contribution in [0.15, 0.2) is 36.7 Å². The second kappa shape index (κ2) is 9.40. The fraction of sp³-hybridized carbons (Fsp3) is 0.500. The van der Waals surface area contributed by atoms with Crippen LogP contribution in [-0.4, -0.2) is 53.6 Å². The molecule has 2 aromatic rings. The summed E-state index contributed by atoms with van der Waals surface area (Å²) in [7, 11) is 1.81. The Labute approximate surface area is 192 Å². The fourth-order valence-corrected chi connectivity index (χ4v) is 3.68. The van der Waals surface area contributed by atoms with Crippen LogP contribution >= 0.6 is 0 Å². The Hall–Kier alpha value is -2.89. The number of likely N-dealkylation sites (tertiary alicyclic amines) is 1. The second-order valence-electron chi connectivity index (χ2n) is 8.91. The molecule has 0 aliphatic carbocycles. The highest BCUT2D eigenvalue weighted by Crippen LogP contribution is 2.35. The lowest BCUT2D eigenvalue weighted by atomic mass is 9.90. The van der Waals surface area contributed by atoms with Crippen molar-refractivity contribution < 1.29 is 35.9 Å². The van der Waals surface area contributed by atoms with Crippen molar-refractivity contribution in [3.8, 4) is 5.88 Å². The molecule has 34 heavy (non-hydrogen) atoms. The van der Waals surface area contributed by atoms with Gasteiger partial charge in [-0.1, -0.05) is 6.07 Å². The maximum absolute atomic E-state index is 13.2. The number of ether oxygens (including phenoxy) is 1. The predicted molar refractivity (Wildman–Crippen MR) is 110 cm³/mol. The van der Waals surface area contributed by atoms with Crippen molar-refractivity contribution >= 4 is 5.91 Å². The third-order valence-electron chi connectivity index (χ3n) is 5.58. The molecule has 2 atom stereocenters. The van der Waals surface area contributed by atoms with Crippen molar-refractivity contribution in [1.29, 1.82) is 0 Å². The van der Waals surface area contributed by atoms with E-state index in [0.29, 0.717) is 18.7 Å². The number of alkyl halides is 6. The van der Waals surface area contributed by atoms with E-state index in [1.165, 1.54) is 19.9 Å². The van der Waals surface area contributed by atoms with Gasteiger partial charge in [0.05, 0.1) is 5.41 Å². The van der Waals surface area contributed by atoms with Gasteiger partial charge < -0.3 is 15.0 Å². The molecule has 0 unspecified atom stereocenters. The maximum atomic E-state index is 13.2. The molecule has 1 amide bonds. The minimum atomic E-state index is -4.66. The topological polar surface area (TPSA) is 67.4 Å². The molecule has 0 aromatic carbocycles. The summed E-state index contributed by atoms with van der Waals surface area (Å²) in [6.45, 7) is 3.59. The van der Waals surface area contributed by atoms with E-state index in [2.05, 4.69) is 15.3 Å². The largest absolute Gasteiger partial charge is 0.476 e. The van der Waals surface area contributed by atoms with Gasteiger partial charge in [-0.15, -0.1) is 0 Å². The molecular weight excluding hydrogens is 466 g/mol. The normalized spacial score (nSPS) is 19.8. The summed E-state index contributed by atoms with van der Waals surface area (Å²) in [4.78, 5) is 22.0. The number of nitrogens with zero attached hydrogens (tertiary/aromatic N) is 3. The van der Waals surface area contributed by atoms with E-state index in [9.17, 15) is 31.1 Å². The Morgan fingerprint density at radius 1 is 1.09 bits per heavy atom. The zero-order valence-electron chi connectivity index (χ0n) is 18.7. The average molecular weight is 490 g/mol. The predicted octanol–water partition coefficient (Wildman–Crippen LogP) is 4.13. The zero-order valence-corrected chi connectivity index (χ0v) is 18.7. The number of nitrogens with one attached hydrogen (secondary N) is 1. The van der Waals surface area contributed by atoms with Crippen LogP contribution in [0.4, 0.5) is 26.3 Å². The first-order valence-electron chi connectivity index (χ1n) is 10.4. The van der Waals surface area contributed by atoms with Gasteiger partial charge in [-0.2, -0.15) is 26.3 Å². The SMILES string of the molecule is CN1C[C@@H](NC(=O)C(C)(C)COc2ncccc2C(F)(F)F)[C@H](c2ccc(C(F)(F)F)nc2)C1. The number of likely N-dealkylation sites (N-methyl/N-ethyl adjacent to an activating group) is 1. The number of carbonyl (C=O) groups is 1. The smallest absolute Gasteiger partial charge is 0.433 e. The molecule has 2 aromatic heterocycles. The molecule has 0 radical (unpaired) electrons. The van der Waals surface area contributed by atoms with Gasteiger partial charge in [0.2, 0.25) is 11.8 Å². The Kier molecular flexibility index (Phi) is 7.11. The van der Waals surface area contributed by atoms with Crippen molar-refractivity contribution in [3.05, 3.63) is 53.5 Å². The van der Waals surface area contributed by atoms with Gasteiger partial charge in [-0.05, 0) is 44.7 Å². The summed E-state index contributed by atoms with van der Waals surface area (Å²) in [5.74, 6) is -1.40. The van der Waals surface area contributed by atoms with Crippen molar-refractivity contribution in [2.24, 2.45) is 5.41 Å². The molecule has 0 spiro atoms. The lowest BCUT2D eigenvalue weighted by Crippen LogP contribution is -2.48. The van der Waals surface area contributed by atoms with Gasteiger partial charge in [-0.3, -0.25) is 9.78 Å². The maximum Gasteiger partial charge on any atom is 0.433 e. The van der Waals surface area contributed by atoms with E-state index in [0.717, 1.165) is 30.6 Å². The van der Waals surface area contributed by atoms with Gasteiger partial charge in [-0.25, -0.2) is 4.98 Å². The van der Waals surface area contributed by atoms with Crippen LogP contribution in [0, 0.1) is 5.41 Å². The number of amides is 1. The van der Waals surface area contributed by atoms with Crippen LogP contribution in [0.3, 0.4) is 0 Å². The molecule has 1 aliphatic heterocycles. The fourth-order valence-electron chi connectivity index (χ4n) is 3.68. The average Bonchev–Trinajstić information content (AvgIpc) is 3.11. The molecule has 1 N–H and O–H groups in total. The number of carbonyl (C=O) groups excluding carboxylic acids is 1. The molecule has 0 saturated carbocycles. The van der Waals surface area contributed by atoms with Gasteiger partial charge >= 0.3 is 12.4 Å². The third kappa shape index (κ3) is 5.96. The zero-order chi connectivity index (χ0) is 25.3. The highest BCUT2D eigenvalue weighted by atomic mass is 19.4.